The number of hydrogen-bond acceptors (Lipinski definition) is 5. The van der Waals surface area contributed by atoms with Gasteiger partial charge in [-0.2, -0.15) is 18.4 Å². The van der Waals surface area contributed by atoms with Crippen LogP contribution in [0.1, 0.15) is 30.4 Å². The molecule has 0 bridgehead atoms. The lowest BCUT2D eigenvalue weighted by Gasteiger charge is -2.43. The lowest BCUT2D eigenvalue weighted by Crippen LogP contribution is -2.49. The van der Waals surface area contributed by atoms with Crippen molar-refractivity contribution < 1.29 is 27.8 Å². The van der Waals surface area contributed by atoms with Gasteiger partial charge in [-0.15, -0.1) is 0 Å². The molecule has 1 amide bonds. The van der Waals surface area contributed by atoms with Crippen LogP contribution >= 0.6 is 0 Å². The highest BCUT2D eigenvalue weighted by Gasteiger charge is 2.51. The molecule has 1 aromatic rings. The third-order valence-corrected chi connectivity index (χ3v) is 7.12. The van der Waals surface area contributed by atoms with Gasteiger partial charge in [0.1, 0.15) is 0 Å². The minimum atomic E-state index is -4.61. The summed E-state index contributed by atoms with van der Waals surface area (Å²) in [4.78, 5) is 16.7. The Hall–Kier alpha value is -2.31. The van der Waals surface area contributed by atoms with Gasteiger partial charge in [0.25, 0.3) is 0 Å². The van der Waals surface area contributed by atoms with Crippen molar-refractivity contribution in [1.82, 2.24) is 4.90 Å². The SMILES string of the molecule is N#Cc1ccc(N2CCC3(CO)CN(C(=O)C4CCOCC4)CC3C2)cc1C(F)(F)F. The summed E-state index contributed by atoms with van der Waals surface area (Å²) in [6.07, 6.45) is -2.62. The Morgan fingerprint density at radius 3 is 2.68 bits per heavy atom. The van der Waals surface area contributed by atoms with Crippen molar-refractivity contribution in [3.05, 3.63) is 29.3 Å². The highest BCUT2D eigenvalue weighted by Crippen LogP contribution is 2.45. The Balaban J connectivity index is 1.52. The van der Waals surface area contributed by atoms with E-state index in [0.717, 1.165) is 6.07 Å². The van der Waals surface area contributed by atoms with E-state index in [1.165, 1.54) is 6.07 Å². The van der Waals surface area contributed by atoms with Crippen molar-refractivity contribution in [3.63, 3.8) is 0 Å². The number of nitriles is 1. The number of nitrogens with zero attached hydrogens (tertiary/aromatic N) is 3. The maximum absolute atomic E-state index is 13.4. The predicted octanol–water partition coefficient (Wildman–Crippen LogP) is 2.65. The molecule has 1 aromatic carbocycles. The van der Waals surface area contributed by atoms with E-state index >= 15 is 0 Å². The first-order chi connectivity index (χ1) is 14.8. The van der Waals surface area contributed by atoms with Gasteiger partial charge >= 0.3 is 6.18 Å². The van der Waals surface area contributed by atoms with E-state index in [0.29, 0.717) is 64.3 Å². The summed E-state index contributed by atoms with van der Waals surface area (Å²) in [5.74, 6) is 0.00319. The topological polar surface area (TPSA) is 76.8 Å². The van der Waals surface area contributed by atoms with Crippen molar-refractivity contribution in [2.24, 2.45) is 17.3 Å². The molecule has 9 heteroatoms. The number of carbonyl (C=O) groups is 1. The number of likely N-dealkylation sites (tertiary alicyclic amines) is 1. The van der Waals surface area contributed by atoms with Crippen molar-refractivity contribution in [3.8, 4) is 6.07 Å². The summed E-state index contributed by atoms with van der Waals surface area (Å²) < 4.78 is 45.5. The van der Waals surface area contributed by atoms with Gasteiger partial charge in [-0.3, -0.25) is 4.79 Å². The van der Waals surface area contributed by atoms with Gasteiger partial charge < -0.3 is 19.6 Å². The molecule has 1 N–H and O–H groups in total. The zero-order valence-electron chi connectivity index (χ0n) is 17.2. The summed E-state index contributed by atoms with van der Waals surface area (Å²) in [5.41, 5.74) is -1.34. The van der Waals surface area contributed by atoms with Gasteiger partial charge in [0.15, 0.2) is 0 Å². The number of ether oxygens (including phenoxy) is 1. The molecule has 0 aromatic heterocycles. The number of aliphatic hydroxyl groups excluding tert-OH is 1. The van der Waals surface area contributed by atoms with E-state index in [1.807, 2.05) is 9.80 Å². The predicted molar refractivity (Wildman–Crippen MR) is 106 cm³/mol. The quantitative estimate of drug-likeness (QED) is 0.787. The monoisotopic (exact) mass is 437 g/mol. The van der Waals surface area contributed by atoms with Crippen LogP contribution in [0, 0.1) is 28.6 Å². The molecule has 3 heterocycles. The number of carbonyl (C=O) groups excluding carboxylic acids is 1. The summed E-state index contributed by atoms with van der Waals surface area (Å²) in [6, 6.07) is 5.39. The van der Waals surface area contributed by atoms with Crippen LogP contribution in [0.2, 0.25) is 0 Å². The average Bonchev–Trinajstić information content (AvgIpc) is 3.17. The number of benzene rings is 1. The van der Waals surface area contributed by atoms with Gasteiger partial charge in [-0.1, -0.05) is 0 Å². The first-order valence-corrected chi connectivity index (χ1v) is 10.6. The first-order valence-electron chi connectivity index (χ1n) is 10.6. The van der Waals surface area contributed by atoms with E-state index in [4.69, 9.17) is 10.00 Å². The summed E-state index contributed by atoms with van der Waals surface area (Å²) in [6.45, 7) is 3.03. The first kappa shape index (κ1) is 21.9. The highest BCUT2D eigenvalue weighted by atomic mass is 19.4. The second-order valence-corrected chi connectivity index (χ2v) is 8.86. The molecule has 0 saturated carbocycles. The van der Waals surface area contributed by atoms with Gasteiger partial charge in [0, 0.05) is 62.3 Å². The molecule has 3 fully saturated rings. The number of hydrogen-bond donors (Lipinski definition) is 1. The molecular formula is C22H26F3N3O3. The summed E-state index contributed by atoms with van der Waals surface area (Å²) in [7, 11) is 0. The molecule has 168 valence electrons. The Labute approximate surface area is 179 Å². The fraction of sp³-hybridized carbons (Fsp3) is 0.636. The van der Waals surface area contributed by atoms with E-state index in [-0.39, 0.29) is 24.3 Å². The molecule has 3 saturated heterocycles. The molecule has 2 unspecified atom stereocenters. The molecule has 31 heavy (non-hydrogen) atoms. The third kappa shape index (κ3) is 4.11. The lowest BCUT2D eigenvalue weighted by atomic mass is 9.73. The second-order valence-electron chi connectivity index (χ2n) is 8.86. The number of alkyl halides is 3. The number of piperidine rings is 1. The Morgan fingerprint density at radius 1 is 1.29 bits per heavy atom. The standard InChI is InChI=1S/C22H26F3N3O3/c23-22(24,25)19-9-18(2-1-16(19)10-26)27-6-5-21(14-29)13-28(12-17(21)11-27)20(30)15-3-7-31-8-4-15/h1-2,9,15,17,29H,3-8,11-14H2. The van der Waals surface area contributed by atoms with Gasteiger partial charge in [0.05, 0.1) is 23.8 Å². The molecule has 3 aliphatic heterocycles. The van der Waals surface area contributed by atoms with E-state index < -0.39 is 22.7 Å². The third-order valence-electron chi connectivity index (χ3n) is 7.12. The van der Waals surface area contributed by atoms with Crippen LogP contribution in [0.5, 0.6) is 0 Å². The van der Waals surface area contributed by atoms with Crippen molar-refractivity contribution in [2.45, 2.75) is 25.4 Å². The highest BCUT2D eigenvalue weighted by molar-refractivity contribution is 5.79. The molecule has 2 atom stereocenters. The second kappa shape index (κ2) is 8.32. The zero-order chi connectivity index (χ0) is 22.2. The number of fused-ring (bicyclic) bond motifs is 1. The lowest BCUT2D eigenvalue weighted by molar-refractivity contribution is -0.138. The van der Waals surface area contributed by atoms with Crippen LogP contribution in [-0.2, 0) is 15.7 Å². The van der Waals surface area contributed by atoms with Crippen LogP contribution in [0.15, 0.2) is 18.2 Å². The van der Waals surface area contributed by atoms with Crippen molar-refractivity contribution >= 4 is 11.6 Å². The largest absolute Gasteiger partial charge is 0.417 e. The Kier molecular flexibility index (Phi) is 5.88. The van der Waals surface area contributed by atoms with Crippen LogP contribution in [0.3, 0.4) is 0 Å². The van der Waals surface area contributed by atoms with Crippen molar-refractivity contribution in [1.29, 1.82) is 5.26 Å². The number of anilines is 1. The molecule has 0 radical (unpaired) electrons. The summed E-state index contributed by atoms with van der Waals surface area (Å²) in [5, 5.41) is 19.2. The van der Waals surface area contributed by atoms with E-state index in [2.05, 4.69) is 0 Å². The van der Waals surface area contributed by atoms with Crippen LogP contribution in [0.25, 0.3) is 0 Å². The number of halogens is 3. The fourth-order valence-electron chi connectivity index (χ4n) is 5.21. The van der Waals surface area contributed by atoms with Crippen LogP contribution in [0.4, 0.5) is 18.9 Å². The van der Waals surface area contributed by atoms with Gasteiger partial charge in [-0.25, -0.2) is 0 Å². The molecule has 0 aliphatic carbocycles. The Bertz CT molecular complexity index is 879. The zero-order valence-corrected chi connectivity index (χ0v) is 17.2. The van der Waals surface area contributed by atoms with E-state index in [1.54, 1.807) is 12.1 Å². The van der Waals surface area contributed by atoms with Crippen LogP contribution < -0.4 is 4.90 Å². The minimum absolute atomic E-state index is 0.0278. The molecule has 3 aliphatic rings. The number of rotatable bonds is 3. The molecule has 4 rings (SSSR count). The maximum Gasteiger partial charge on any atom is 0.417 e. The van der Waals surface area contributed by atoms with Crippen LogP contribution in [-0.4, -0.2) is 61.9 Å². The van der Waals surface area contributed by atoms with Crippen molar-refractivity contribution in [2.75, 3.05) is 50.9 Å². The normalized spacial score (nSPS) is 27.1. The molecule has 0 spiro atoms. The van der Waals surface area contributed by atoms with Gasteiger partial charge in [0.2, 0.25) is 5.91 Å². The molecule has 6 nitrogen and oxygen atoms in total. The Morgan fingerprint density at radius 2 is 2.03 bits per heavy atom. The minimum Gasteiger partial charge on any atom is -0.396 e. The maximum atomic E-state index is 13.4. The fourth-order valence-corrected chi connectivity index (χ4v) is 5.21. The number of amides is 1. The molecular weight excluding hydrogens is 411 g/mol. The number of aliphatic hydroxyl groups is 1. The van der Waals surface area contributed by atoms with Gasteiger partial charge in [-0.05, 0) is 37.5 Å². The van der Waals surface area contributed by atoms with E-state index in [9.17, 15) is 23.1 Å². The summed E-state index contributed by atoms with van der Waals surface area (Å²) >= 11 is 0. The average molecular weight is 437 g/mol. The smallest absolute Gasteiger partial charge is 0.396 e.